The molecule has 0 saturated carbocycles. The Labute approximate surface area is 183 Å². The molecule has 10 nitrogen and oxygen atoms in total. The quantitative estimate of drug-likeness (QED) is 0.190. The van der Waals surface area contributed by atoms with E-state index in [2.05, 4.69) is 0 Å². The molecule has 2 aromatic heterocycles. The van der Waals surface area contributed by atoms with Gasteiger partial charge in [0.05, 0.1) is 23.1 Å². The maximum absolute atomic E-state index is 11.1. The van der Waals surface area contributed by atoms with E-state index < -0.39 is 34.3 Å². The summed E-state index contributed by atoms with van der Waals surface area (Å²) < 4.78 is 9.56. The second-order valence-corrected chi connectivity index (χ2v) is 5.55. The Balaban J connectivity index is 0.000000529. The first-order valence-corrected chi connectivity index (χ1v) is 7.85. The Morgan fingerprint density at radius 1 is 0.645 bits per heavy atom. The number of carboxylic acid groups (broad SMARTS) is 2. The first-order valence-electron chi connectivity index (χ1n) is 7.85. The maximum atomic E-state index is 11.1. The molecule has 0 amide bonds. The Bertz CT molecular complexity index is 1220. The summed E-state index contributed by atoms with van der Waals surface area (Å²) in [6.45, 7) is 0. The molecule has 11 heteroatoms. The van der Waals surface area contributed by atoms with E-state index in [-0.39, 0.29) is 28.0 Å². The van der Waals surface area contributed by atoms with E-state index in [1.807, 2.05) is 0 Å². The van der Waals surface area contributed by atoms with Crippen molar-refractivity contribution in [2.75, 3.05) is 0 Å². The third kappa shape index (κ3) is 6.11. The number of hydrogen-bond acceptors (Lipinski definition) is 8. The Morgan fingerprint density at radius 3 is 1.29 bits per heavy atom. The molecule has 0 atom stereocenters. The fraction of sp³-hybridized carbons (Fsp3) is 0. The minimum absolute atomic E-state index is 0. The van der Waals surface area contributed by atoms with Crippen LogP contribution in [-0.4, -0.2) is 11.9 Å². The summed E-state index contributed by atoms with van der Waals surface area (Å²) in [5, 5.41) is 22.1. The zero-order chi connectivity index (χ0) is 20.3. The monoisotopic (exact) mass is 471 g/mol. The SMILES string of the molecule is O=C([O-])c1cc2ccccc2oc1=O.O=C([O-])c1cc2ccccc2oc1=O.[Mn+2].[OH3+].[OH3+]. The van der Waals surface area contributed by atoms with Crippen LogP contribution in [0, 0.1) is 0 Å². The fourth-order valence-corrected chi connectivity index (χ4v) is 2.41. The van der Waals surface area contributed by atoms with Gasteiger partial charge in [0, 0.05) is 10.8 Å². The van der Waals surface area contributed by atoms with Gasteiger partial charge in [-0.25, -0.2) is 9.59 Å². The summed E-state index contributed by atoms with van der Waals surface area (Å²) >= 11 is 0. The van der Waals surface area contributed by atoms with Crippen molar-refractivity contribution in [2.45, 2.75) is 0 Å². The molecule has 0 aliphatic rings. The van der Waals surface area contributed by atoms with E-state index in [1.54, 1.807) is 48.5 Å². The van der Waals surface area contributed by atoms with Gasteiger partial charge in [-0.2, -0.15) is 0 Å². The number of para-hydroxylation sites is 2. The molecular weight excluding hydrogens is 455 g/mol. The molecule has 1 radical (unpaired) electrons. The number of hydrogen-bond donors (Lipinski definition) is 0. The summed E-state index contributed by atoms with van der Waals surface area (Å²) in [5.74, 6) is -3.05. The molecule has 4 rings (SSSR count). The van der Waals surface area contributed by atoms with Crippen molar-refractivity contribution in [3.63, 3.8) is 0 Å². The predicted molar refractivity (Wildman–Crippen MR) is 103 cm³/mol. The van der Waals surface area contributed by atoms with Crippen LogP contribution in [0.5, 0.6) is 0 Å². The average Bonchev–Trinajstić information content (AvgIpc) is 2.67. The van der Waals surface area contributed by atoms with Crippen molar-refractivity contribution in [2.24, 2.45) is 0 Å². The standard InChI is InChI=1S/2C10H6O4.Mn.2H2O/c2*11-9(12)7-5-6-3-1-2-4-8(6)14-10(7)13;;;/h2*1-5H,(H,11,12);;2*1H2/q;;+2;;. The molecule has 0 aliphatic carbocycles. The maximum Gasteiger partial charge on any atom is 2.00 e. The van der Waals surface area contributed by atoms with Gasteiger partial charge in [0.2, 0.25) is 0 Å². The number of carbonyl (C=O) groups excluding carboxylic acids is 2. The van der Waals surface area contributed by atoms with Gasteiger partial charge in [0.15, 0.2) is 0 Å². The number of fused-ring (bicyclic) bond motifs is 2. The van der Waals surface area contributed by atoms with Crippen LogP contribution in [0.3, 0.4) is 0 Å². The van der Waals surface area contributed by atoms with Crippen LogP contribution in [0.15, 0.2) is 79.1 Å². The fourth-order valence-electron chi connectivity index (χ4n) is 2.41. The molecule has 31 heavy (non-hydrogen) atoms. The van der Waals surface area contributed by atoms with Crippen LogP contribution in [-0.2, 0) is 28.0 Å². The Hall–Kier alpha value is -3.76. The van der Waals surface area contributed by atoms with E-state index in [4.69, 9.17) is 8.83 Å². The van der Waals surface area contributed by atoms with Gasteiger partial charge in [0.25, 0.3) is 0 Å². The molecule has 0 aliphatic heterocycles. The number of carbonyl (C=O) groups is 2. The summed E-state index contributed by atoms with van der Waals surface area (Å²) in [6, 6.07) is 15.8. The summed E-state index contributed by atoms with van der Waals surface area (Å²) in [7, 11) is 0. The van der Waals surface area contributed by atoms with Crippen LogP contribution >= 0.6 is 0 Å². The second kappa shape index (κ2) is 11.4. The number of rotatable bonds is 2. The van der Waals surface area contributed by atoms with Gasteiger partial charge in [-0.1, -0.05) is 36.4 Å². The zero-order valence-electron chi connectivity index (χ0n) is 15.6. The van der Waals surface area contributed by atoms with E-state index in [0.717, 1.165) is 0 Å². The molecule has 6 N–H and O–H groups in total. The zero-order valence-corrected chi connectivity index (χ0v) is 16.8. The minimum Gasteiger partial charge on any atom is -0.545 e. The Kier molecular flexibility index (Phi) is 10.0. The summed E-state index contributed by atoms with van der Waals surface area (Å²) in [6.07, 6.45) is 0. The first kappa shape index (κ1) is 27.2. The minimum atomic E-state index is -1.52. The van der Waals surface area contributed by atoms with Crippen molar-refractivity contribution in [3.05, 3.63) is 92.6 Å². The van der Waals surface area contributed by atoms with Crippen molar-refractivity contribution in [3.8, 4) is 0 Å². The van der Waals surface area contributed by atoms with Crippen molar-refractivity contribution in [1.29, 1.82) is 0 Å². The topological polar surface area (TPSA) is 207 Å². The van der Waals surface area contributed by atoms with E-state index in [9.17, 15) is 29.4 Å². The molecule has 2 heterocycles. The van der Waals surface area contributed by atoms with Crippen LogP contribution in [0.4, 0.5) is 0 Å². The summed E-state index contributed by atoms with van der Waals surface area (Å²) in [5.41, 5.74) is -1.95. The molecule has 0 bridgehead atoms. The third-order valence-electron chi connectivity index (χ3n) is 3.72. The van der Waals surface area contributed by atoms with Gasteiger partial charge < -0.3 is 39.6 Å². The van der Waals surface area contributed by atoms with E-state index >= 15 is 0 Å². The van der Waals surface area contributed by atoms with Gasteiger partial charge >= 0.3 is 28.3 Å². The predicted octanol–water partition coefficient (Wildman–Crippen LogP) is -1.53. The van der Waals surface area contributed by atoms with Crippen molar-refractivity contribution in [1.82, 2.24) is 0 Å². The Morgan fingerprint density at radius 2 is 0.968 bits per heavy atom. The molecule has 4 aromatic rings. The van der Waals surface area contributed by atoms with Crippen LogP contribution in [0.1, 0.15) is 20.7 Å². The molecule has 0 saturated heterocycles. The largest absolute Gasteiger partial charge is 2.00 e. The van der Waals surface area contributed by atoms with Gasteiger partial charge in [-0.3, -0.25) is 0 Å². The normalized spacial score (nSPS) is 9.29. The molecule has 2 aromatic carbocycles. The van der Waals surface area contributed by atoms with E-state index in [0.29, 0.717) is 21.9 Å². The van der Waals surface area contributed by atoms with Crippen molar-refractivity contribution >= 4 is 33.9 Å². The number of carboxylic acids is 2. The van der Waals surface area contributed by atoms with Gasteiger partial charge in [-0.05, 0) is 24.3 Å². The van der Waals surface area contributed by atoms with Crippen molar-refractivity contribution < 1.29 is 56.7 Å². The average molecular weight is 471 g/mol. The van der Waals surface area contributed by atoms with Gasteiger partial charge in [0.1, 0.15) is 11.2 Å². The third-order valence-corrected chi connectivity index (χ3v) is 3.72. The van der Waals surface area contributed by atoms with Crippen LogP contribution in [0.2, 0.25) is 0 Å². The van der Waals surface area contributed by atoms with Gasteiger partial charge in [-0.15, -0.1) is 0 Å². The number of benzene rings is 2. The first-order chi connectivity index (χ1) is 13.4. The van der Waals surface area contributed by atoms with Crippen LogP contribution in [0.25, 0.3) is 21.9 Å². The smallest absolute Gasteiger partial charge is 0.545 e. The second-order valence-electron chi connectivity index (χ2n) is 5.55. The summed E-state index contributed by atoms with van der Waals surface area (Å²) in [4.78, 5) is 43.2. The number of aromatic carboxylic acids is 2. The molecular formula is C20H16MnO10+2. The molecule has 0 fully saturated rings. The molecule has 0 spiro atoms. The van der Waals surface area contributed by atoms with E-state index in [1.165, 1.54) is 12.1 Å². The molecule has 161 valence electrons. The van der Waals surface area contributed by atoms with Crippen LogP contribution < -0.4 is 21.5 Å². The molecule has 0 unspecified atom stereocenters.